The highest BCUT2D eigenvalue weighted by Crippen LogP contribution is 2.28. The third-order valence-electron chi connectivity index (χ3n) is 6.19. The van der Waals surface area contributed by atoms with Crippen molar-refractivity contribution in [2.24, 2.45) is 0 Å². The molecule has 5 aromatic carbocycles. The Morgan fingerprint density at radius 3 is 2.16 bits per heavy atom. The van der Waals surface area contributed by atoms with E-state index >= 15 is 0 Å². The smallest absolute Gasteiger partial charge is 0.337 e. The van der Waals surface area contributed by atoms with Gasteiger partial charge in [0.1, 0.15) is 0 Å². The fourth-order valence-corrected chi connectivity index (χ4v) is 4.17. The monoisotopic (exact) mass is 487 g/mol. The first-order valence-electron chi connectivity index (χ1n) is 11.8. The number of anilines is 4. The van der Waals surface area contributed by atoms with E-state index < -0.39 is 5.97 Å². The minimum atomic E-state index is -0.981. The first-order valence-corrected chi connectivity index (χ1v) is 11.8. The van der Waals surface area contributed by atoms with Crippen LogP contribution in [-0.2, 0) is 0 Å². The van der Waals surface area contributed by atoms with E-state index in [9.17, 15) is 14.7 Å². The Morgan fingerprint density at radius 2 is 1.38 bits per heavy atom. The average Bonchev–Trinajstić information content (AvgIpc) is 2.93. The predicted molar refractivity (Wildman–Crippen MR) is 150 cm³/mol. The summed E-state index contributed by atoms with van der Waals surface area (Å²) in [5.41, 5.74) is 4.95. The van der Waals surface area contributed by atoms with E-state index in [1.54, 1.807) is 36.2 Å². The highest BCUT2D eigenvalue weighted by molar-refractivity contribution is 6.03. The molecule has 0 radical (unpaired) electrons. The summed E-state index contributed by atoms with van der Waals surface area (Å²) < 4.78 is 0. The van der Waals surface area contributed by atoms with Crippen LogP contribution in [0.25, 0.3) is 21.9 Å². The first kappa shape index (κ1) is 23.6. The number of carbonyl (C=O) groups is 2. The van der Waals surface area contributed by atoms with E-state index in [-0.39, 0.29) is 11.6 Å². The van der Waals surface area contributed by atoms with Crippen molar-refractivity contribution < 1.29 is 14.7 Å². The van der Waals surface area contributed by atoms with Crippen molar-refractivity contribution in [1.82, 2.24) is 0 Å². The van der Waals surface area contributed by atoms with Crippen LogP contribution in [0.5, 0.6) is 0 Å². The van der Waals surface area contributed by atoms with Crippen LogP contribution in [0.4, 0.5) is 27.5 Å². The second-order valence-electron chi connectivity index (χ2n) is 8.65. The van der Waals surface area contributed by atoms with Crippen LogP contribution < -0.4 is 15.5 Å². The largest absolute Gasteiger partial charge is 0.478 e. The van der Waals surface area contributed by atoms with Gasteiger partial charge < -0.3 is 15.7 Å². The van der Waals surface area contributed by atoms with Crippen LogP contribution in [0.3, 0.4) is 0 Å². The second kappa shape index (κ2) is 10.3. The number of nitrogens with zero attached hydrogens (tertiary/aromatic N) is 1. The molecule has 0 aliphatic carbocycles. The maximum absolute atomic E-state index is 13.0. The van der Waals surface area contributed by atoms with Crippen molar-refractivity contribution in [2.75, 3.05) is 22.6 Å². The van der Waals surface area contributed by atoms with Crippen molar-refractivity contribution >= 4 is 45.5 Å². The van der Waals surface area contributed by atoms with Gasteiger partial charge in [0, 0.05) is 24.1 Å². The summed E-state index contributed by atoms with van der Waals surface area (Å²) in [4.78, 5) is 26.0. The molecule has 0 bridgehead atoms. The van der Waals surface area contributed by atoms with Gasteiger partial charge in [0.25, 0.3) is 0 Å². The minimum Gasteiger partial charge on any atom is -0.478 e. The van der Waals surface area contributed by atoms with E-state index in [1.807, 2.05) is 91.0 Å². The molecule has 0 saturated heterocycles. The van der Waals surface area contributed by atoms with Gasteiger partial charge in [-0.1, -0.05) is 66.7 Å². The van der Waals surface area contributed by atoms with Gasteiger partial charge in [-0.2, -0.15) is 0 Å². The summed E-state index contributed by atoms with van der Waals surface area (Å²) in [6.07, 6.45) is 0. The molecule has 0 saturated carbocycles. The Bertz CT molecular complexity index is 1600. The molecule has 0 fully saturated rings. The summed E-state index contributed by atoms with van der Waals surface area (Å²) in [6, 6.07) is 35.9. The number of benzene rings is 5. The van der Waals surface area contributed by atoms with Crippen LogP contribution in [0, 0.1) is 0 Å². The van der Waals surface area contributed by atoms with Gasteiger partial charge in [0.05, 0.1) is 11.3 Å². The molecule has 0 aliphatic rings. The van der Waals surface area contributed by atoms with Crippen LogP contribution in [0.1, 0.15) is 10.4 Å². The third kappa shape index (κ3) is 5.28. The number of nitrogens with one attached hydrogen (secondary N) is 2. The Labute approximate surface area is 214 Å². The van der Waals surface area contributed by atoms with Crippen molar-refractivity contribution in [1.29, 1.82) is 0 Å². The molecule has 0 atom stereocenters. The molecule has 2 amide bonds. The maximum atomic E-state index is 13.0. The fraction of sp³-hybridized carbons (Fsp3) is 0.0323. The van der Waals surface area contributed by atoms with Crippen molar-refractivity contribution in [3.8, 4) is 11.1 Å². The van der Waals surface area contributed by atoms with E-state index in [0.29, 0.717) is 5.69 Å². The SMILES string of the molecule is CN(C(=O)Nc1ccc2ccccc2c1)c1cccc(-c2ccc(Nc3ccccc3C(=O)O)cc2)c1. The maximum Gasteiger partial charge on any atom is 0.337 e. The van der Waals surface area contributed by atoms with E-state index in [1.165, 1.54) is 0 Å². The first-order chi connectivity index (χ1) is 18.0. The predicted octanol–water partition coefficient (Wildman–Crippen LogP) is 7.62. The lowest BCUT2D eigenvalue weighted by Crippen LogP contribution is -2.31. The standard InChI is InChI=1S/C31H25N3O3/c1-34(31(37)33-26-18-15-21-7-2-3-8-23(21)19-26)27-10-6-9-24(20-27)22-13-16-25(17-14-22)32-29-12-5-4-11-28(29)30(35)36/h2-20,32H,1H3,(H,33,37)(H,35,36). The quantitative estimate of drug-likeness (QED) is 0.230. The summed E-state index contributed by atoms with van der Waals surface area (Å²) in [6.45, 7) is 0. The number of fused-ring (bicyclic) bond motifs is 1. The number of rotatable bonds is 6. The van der Waals surface area contributed by atoms with Crippen LogP contribution in [-0.4, -0.2) is 24.2 Å². The third-order valence-corrected chi connectivity index (χ3v) is 6.19. The summed E-state index contributed by atoms with van der Waals surface area (Å²) in [7, 11) is 1.74. The molecule has 37 heavy (non-hydrogen) atoms. The van der Waals surface area contributed by atoms with Gasteiger partial charge in [-0.25, -0.2) is 9.59 Å². The number of hydrogen-bond acceptors (Lipinski definition) is 3. The fourth-order valence-electron chi connectivity index (χ4n) is 4.17. The summed E-state index contributed by atoms with van der Waals surface area (Å²) in [5, 5.41) is 17.7. The number of carbonyl (C=O) groups excluding carboxylic acids is 1. The zero-order valence-electron chi connectivity index (χ0n) is 20.2. The van der Waals surface area contributed by atoms with Crippen molar-refractivity contribution in [3.63, 3.8) is 0 Å². The topological polar surface area (TPSA) is 81.7 Å². The molecule has 182 valence electrons. The van der Waals surface area contributed by atoms with Gasteiger partial charge in [0.15, 0.2) is 0 Å². The van der Waals surface area contributed by atoms with Crippen LogP contribution in [0.15, 0.2) is 115 Å². The number of carboxylic acid groups (broad SMARTS) is 1. The number of para-hydroxylation sites is 1. The lowest BCUT2D eigenvalue weighted by Gasteiger charge is -2.19. The molecule has 3 N–H and O–H groups in total. The summed E-state index contributed by atoms with van der Waals surface area (Å²) in [5.74, 6) is -0.981. The van der Waals surface area contributed by atoms with Crippen molar-refractivity contribution in [3.05, 3.63) is 121 Å². The van der Waals surface area contributed by atoms with Gasteiger partial charge in [-0.05, 0) is 70.4 Å². The molecule has 0 aliphatic heterocycles. The molecule has 0 aromatic heterocycles. The summed E-state index contributed by atoms with van der Waals surface area (Å²) >= 11 is 0. The second-order valence-corrected chi connectivity index (χ2v) is 8.65. The average molecular weight is 488 g/mol. The van der Waals surface area contributed by atoms with E-state index in [2.05, 4.69) is 10.6 Å². The molecule has 0 unspecified atom stereocenters. The number of amides is 2. The zero-order chi connectivity index (χ0) is 25.8. The zero-order valence-corrected chi connectivity index (χ0v) is 20.2. The van der Waals surface area contributed by atoms with E-state index in [0.717, 1.165) is 39.0 Å². The lowest BCUT2D eigenvalue weighted by molar-refractivity contribution is 0.0698. The molecular weight excluding hydrogens is 462 g/mol. The number of carboxylic acids is 1. The van der Waals surface area contributed by atoms with Crippen LogP contribution in [0.2, 0.25) is 0 Å². The molecule has 5 aromatic rings. The Kier molecular flexibility index (Phi) is 6.55. The van der Waals surface area contributed by atoms with Crippen molar-refractivity contribution in [2.45, 2.75) is 0 Å². The highest BCUT2D eigenvalue weighted by atomic mass is 16.4. The Morgan fingerprint density at radius 1 is 0.676 bits per heavy atom. The molecule has 0 spiro atoms. The van der Waals surface area contributed by atoms with Gasteiger partial charge in [-0.3, -0.25) is 4.90 Å². The molecule has 0 heterocycles. The van der Waals surface area contributed by atoms with Gasteiger partial charge in [-0.15, -0.1) is 0 Å². The van der Waals surface area contributed by atoms with E-state index in [4.69, 9.17) is 0 Å². The lowest BCUT2D eigenvalue weighted by atomic mass is 10.0. The Hall–Kier alpha value is -5.10. The number of hydrogen-bond donors (Lipinski definition) is 3. The molecule has 6 nitrogen and oxygen atoms in total. The molecule has 5 rings (SSSR count). The van der Waals surface area contributed by atoms with Crippen LogP contribution >= 0.6 is 0 Å². The minimum absolute atomic E-state index is 0.212. The number of aromatic carboxylic acids is 1. The highest BCUT2D eigenvalue weighted by Gasteiger charge is 2.13. The number of urea groups is 1. The molecular formula is C31H25N3O3. The molecule has 6 heteroatoms. The Balaban J connectivity index is 1.30. The van der Waals surface area contributed by atoms with Gasteiger partial charge >= 0.3 is 12.0 Å². The van der Waals surface area contributed by atoms with Gasteiger partial charge in [0.2, 0.25) is 0 Å². The normalized spacial score (nSPS) is 10.6.